The summed E-state index contributed by atoms with van der Waals surface area (Å²) < 4.78 is 7.54. The van der Waals surface area contributed by atoms with Gasteiger partial charge in [0.1, 0.15) is 11.6 Å². The lowest BCUT2D eigenvalue weighted by Crippen LogP contribution is -2.60. The molecule has 0 saturated carbocycles. The van der Waals surface area contributed by atoms with Crippen LogP contribution in [0.4, 0.5) is 17.1 Å². The maximum Gasteiger partial charge on any atom is 0.252 e. The van der Waals surface area contributed by atoms with E-state index in [1.54, 1.807) is 0 Å². The van der Waals surface area contributed by atoms with Crippen molar-refractivity contribution in [2.45, 2.75) is 91.4 Å². The molecule has 0 radical (unpaired) electrons. The molecule has 0 fully saturated rings. The molecule has 0 aliphatic carbocycles. The van der Waals surface area contributed by atoms with Crippen LogP contribution in [0.3, 0.4) is 0 Å². The van der Waals surface area contributed by atoms with E-state index < -0.39 is 0 Å². The molecule has 8 aromatic carbocycles. The van der Waals surface area contributed by atoms with Crippen LogP contribution in [-0.4, -0.2) is 37.1 Å². The highest BCUT2D eigenvalue weighted by Gasteiger charge is 2.45. The second-order valence-corrected chi connectivity index (χ2v) is 24.0. The molecule has 0 saturated heterocycles. The SMILES string of the molecule is Cc1nc2cccc3c2n1-c1cc(CCC(C)(C)c2ccc4c(c2)B2c5c(cccc5-n5c(C(C)(C)C)nc6cccc2c65)N4c2ccc(C(C)(C)C)cc2)cc2c1B3c1cccc3c4ccccc4n-2c13. The lowest BCUT2D eigenvalue weighted by atomic mass is 9.33. The van der Waals surface area contributed by atoms with Crippen LogP contribution in [0.5, 0.6) is 0 Å². The van der Waals surface area contributed by atoms with Crippen LogP contribution in [0.25, 0.3) is 60.9 Å². The molecule has 0 spiro atoms. The molecule has 8 heteroatoms. The number of para-hydroxylation sites is 4. The van der Waals surface area contributed by atoms with Crippen molar-refractivity contribution in [3.63, 3.8) is 0 Å². The van der Waals surface area contributed by atoms with Gasteiger partial charge in [-0.2, -0.15) is 0 Å². The van der Waals surface area contributed by atoms with E-state index in [4.69, 9.17) is 9.97 Å². The van der Waals surface area contributed by atoms with Gasteiger partial charge in [-0.1, -0.05) is 146 Å². The van der Waals surface area contributed by atoms with Gasteiger partial charge in [0.2, 0.25) is 0 Å². The van der Waals surface area contributed by atoms with Gasteiger partial charge in [0.15, 0.2) is 0 Å². The first-order chi connectivity index (χ1) is 34.7. The van der Waals surface area contributed by atoms with Crippen molar-refractivity contribution >= 4 is 107 Å². The summed E-state index contributed by atoms with van der Waals surface area (Å²) in [5.74, 6) is 2.13. The van der Waals surface area contributed by atoms with Gasteiger partial charge in [0.25, 0.3) is 13.4 Å². The number of benzene rings is 8. The molecule has 7 heterocycles. The second-order valence-electron chi connectivity index (χ2n) is 24.0. The fraction of sp³-hybridized carbons (Fsp3) is 0.219. The fourth-order valence-electron chi connectivity index (χ4n) is 13.7. The fourth-order valence-corrected chi connectivity index (χ4v) is 13.7. The van der Waals surface area contributed by atoms with Gasteiger partial charge in [0.05, 0.1) is 27.6 Å². The number of fused-ring (bicyclic) bond motifs is 11. The second kappa shape index (κ2) is 14.1. The van der Waals surface area contributed by atoms with Crippen molar-refractivity contribution in [2.24, 2.45) is 0 Å². The average molecular weight is 931 g/mol. The maximum atomic E-state index is 5.40. The van der Waals surface area contributed by atoms with Gasteiger partial charge in [0, 0.05) is 55.8 Å². The monoisotopic (exact) mass is 930 g/mol. The Kier molecular flexibility index (Phi) is 8.25. The van der Waals surface area contributed by atoms with Crippen molar-refractivity contribution in [2.75, 3.05) is 4.90 Å². The van der Waals surface area contributed by atoms with E-state index in [-0.39, 0.29) is 29.7 Å². The highest BCUT2D eigenvalue weighted by molar-refractivity contribution is 7.01. The third-order valence-corrected chi connectivity index (χ3v) is 17.1. The molecule has 11 aromatic rings. The van der Waals surface area contributed by atoms with Gasteiger partial charge in [-0.25, -0.2) is 9.97 Å². The third-order valence-electron chi connectivity index (χ3n) is 17.1. The van der Waals surface area contributed by atoms with Crippen LogP contribution < -0.4 is 37.7 Å². The summed E-state index contributed by atoms with van der Waals surface area (Å²) in [6.45, 7) is 21.0. The van der Waals surface area contributed by atoms with Crippen LogP contribution in [0, 0.1) is 6.92 Å². The number of aromatic nitrogens is 5. The first kappa shape index (κ1) is 42.1. The molecule has 0 N–H and O–H groups in total. The zero-order valence-electron chi connectivity index (χ0n) is 42.7. The van der Waals surface area contributed by atoms with E-state index in [2.05, 4.69) is 233 Å². The summed E-state index contributed by atoms with van der Waals surface area (Å²) in [6, 6.07) is 58.2. The summed E-state index contributed by atoms with van der Waals surface area (Å²) in [7, 11) is 0. The van der Waals surface area contributed by atoms with Crippen molar-refractivity contribution in [3.05, 3.63) is 180 Å². The first-order valence-electron chi connectivity index (χ1n) is 26.0. The Balaban J connectivity index is 0.890. The van der Waals surface area contributed by atoms with Crippen LogP contribution >= 0.6 is 0 Å². The number of hydrogen-bond donors (Lipinski definition) is 0. The Hall–Kier alpha value is -7.57. The van der Waals surface area contributed by atoms with Crippen molar-refractivity contribution in [1.29, 1.82) is 0 Å². The topological polar surface area (TPSA) is 43.8 Å². The maximum absolute atomic E-state index is 5.40. The Labute approximate surface area is 422 Å². The first-order valence-corrected chi connectivity index (χ1v) is 26.0. The standard InChI is InChI=1S/C64H56B2N6/c1-37-67-48-21-13-19-45-59(48)69(37)54-34-38(35-55-57(54)65(45)44-18-12-17-43-42-16-10-11-23-50(42)71(55)58(43)44)32-33-64(8,9)40-28-31-51-47(36-40)66-46-20-14-22-49-60(46)72(61(68-49)63(5,6)7)53-25-15-24-52(56(53)66)70(51)41-29-26-39(27-30-41)62(2,3)4/h10-31,34-36H,32-33H2,1-9H3. The van der Waals surface area contributed by atoms with Gasteiger partial charge in [-0.15, -0.1) is 0 Å². The van der Waals surface area contributed by atoms with Crippen LogP contribution in [0.15, 0.2) is 152 Å². The third kappa shape index (κ3) is 5.53. The minimum atomic E-state index is -0.156. The quantitative estimate of drug-likeness (QED) is 0.162. The van der Waals surface area contributed by atoms with Gasteiger partial charge >= 0.3 is 0 Å². The van der Waals surface area contributed by atoms with Crippen molar-refractivity contribution in [1.82, 2.24) is 23.7 Å². The van der Waals surface area contributed by atoms with E-state index in [1.807, 2.05) is 0 Å². The number of aryl methyl sites for hydroxylation is 2. The number of hydrogen-bond acceptors (Lipinski definition) is 3. The summed E-state index contributed by atoms with van der Waals surface area (Å²) in [4.78, 5) is 13.1. The molecule has 0 unspecified atom stereocenters. The van der Waals surface area contributed by atoms with Crippen molar-refractivity contribution in [3.8, 4) is 17.1 Å². The van der Waals surface area contributed by atoms with Gasteiger partial charge in [-0.05, 0) is 141 Å². The molecule has 6 nitrogen and oxygen atoms in total. The number of nitrogens with zero attached hydrogens (tertiary/aromatic N) is 6. The number of anilines is 3. The number of imidazole rings is 2. The molecule has 15 rings (SSSR count). The minimum Gasteiger partial charge on any atom is -0.311 e. The van der Waals surface area contributed by atoms with Gasteiger partial charge < -0.3 is 9.47 Å². The molecular weight excluding hydrogens is 874 g/mol. The Bertz CT molecular complexity index is 4190. The molecular formula is C64H56B2N6. The predicted molar refractivity (Wildman–Crippen MR) is 304 cm³/mol. The van der Waals surface area contributed by atoms with E-state index in [0.717, 1.165) is 35.5 Å². The lowest BCUT2D eigenvalue weighted by molar-refractivity contribution is 0.480. The Morgan fingerprint density at radius 3 is 1.79 bits per heavy atom. The minimum absolute atomic E-state index is 0.0451. The van der Waals surface area contributed by atoms with Gasteiger partial charge in [-0.3, -0.25) is 9.13 Å². The summed E-state index contributed by atoms with van der Waals surface area (Å²) in [5.41, 5.74) is 26.6. The molecule has 72 heavy (non-hydrogen) atoms. The predicted octanol–water partition coefficient (Wildman–Crippen LogP) is 11.0. The van der Waals surface area contributed by atoms with Crippen LogP contribution in [0.1, 0.15) is 90.1 Å². The summed E-state index contributed by atoms with van der Waals surface area (Å²) in [5, 5.41) is 2.63. The molecule has 0 amide bonds. The molecule has 4 aliphatic rings. The summed E-state index contributed by atoms with van der Waals surface area (Å²) >= 11 is 0. The van der Waals surface area contributed by atoms with E-state index in [1.165, 1.54) is 116 Å². The largest absolute Gasteiger partial charge is 0.311 e. The smallest absolute Gasteiger partial charge is 0.252 e. The summed E-state index contributed by atoms with van der Waals surface area (Å²) in [6.07, 6.45) is 1.90. The zero-order valence-corrected chi connectivity index (χ0v) is 42.7. The van der Waals surface area contributed by atoms with E-state index >= 15 is 0 Å². The molecule has 348 valence electrons. The Morgan fingerprint density at radius 1 is 0.458 bits per heavy atom. The normalized spacial score (nSPS) is 14.2. The highest BCUT2D eigenvalue weighted by atomic mass is 15.2. The molecule has 3 aromatic heterocycles. The van der Waals surface area contributed by atoms with Crippen LogP contribution in [0.2, 0.25) is 0 Å². The lowest BCUT2D eigenvalue weighted by Gasteiger charge is -2.41. The van der Waals surface area contributed by atoms with Crippen molar-refractivity contribution < 1.29 is 0 Å². The highest BCUT2D eigenvalue weighted by Crippen LogP contribution is 2.43. The van der Waals surface area contributed by atoms with E-state index in [9.17, 15) is 0 Å². The Morgan fingerprint density at radius 2 is 1.06 bits per heavy atom. The zero-order chi connectivity index (χ0) is 48.9. The average Bonchev–Trinajstić information content (AvgIpc) is 4.05. The van der Waals surface area contributed by atoms with E-state index in [0.29, 0.717) is 0 Å². The molecule has 0 bridgehead atoms. The molecule has 0 atom stereocenters. The molecule has 4 aliphatic heterocycles. The number of rotatable bonds is 5. The van der Waals surface area contributed by atoms with Crippen LogP contribution in [-0.2, 0) is 22.7 Å².